The molecule has 0 saturated carbocycles. The Kier molecular flexibility index (Phi) is 4.64. The molecular weight excluding hydrogens is 269 g/mol. The van der Waals surface area contributed by atoms with E-state index >= 15 is 0 Å². The molecule has 0 aromatic heterocycles. The van der Waals surface area contributed by atoms with E-state index in [1.807, 2.05) is 0 Å². The van der Waals surface area contributed by atoms with Gasteiger partial charge in [0.2, 0.25) is 0 Å². The van der Waals surface area contributed by atoms with Gasteiger partial charge in [-0.2, -0.15) is 0 Å². The van der Waals surface area contributed by atoms with Crippen LogP contribution < -0.4 is 4.74 Å². The molecule has 0 N–H and O–H groups in total. The normalized spacial score (nSPS) is 19.3. The zero-order valence-corrected chi connectivity index (χ0v) is 11.6. The SMILES string of the molecule is COc1ccc(C(=O)N2CCCCC2CCl)c(F)c1. The van der Waals surface area contributed by atoms with Crippen LogP contribution in [0.1, 0.15) is 29.6 Å². The summed E-state index contributed by atoms with van der Waals surface area (Å²) >= 11 is 5.89. The van der Waals surface area contributed by atoms with Crippen molar-refractivity contribution in [1.82, 2.24) is 4.90 Å². The maximum Gasteiger partial charge on any atom is 0.257 e. The van der Waals surface area contributed by atoms with Crippen molar-refractivity contribution in [2.24, 2.45) is 0 Å². The molecule has 19 heavy (non-hydrogen) atoms. The lowest BCUT2D eigenvalue weighted by molar-refractivity contribution is 0.0634. The first kappa shape index (κ1) is 14.1. The fourth-order valence-electron chi connectivity index (χ4n) is 2.38. The molecule has 0 bridgehead atoms. The van der Waals surface area contributed by atoms with E-state index in [1.165, 1.54) is 19.2 Å². The van der Waals surface area contributed by atoms with Crippen molar-refractivity contribution >= 4 is 17.5 Å². The van der Waals surface area contributed by atoms with Crippen molar-refractivity contribution in [1.29, 1.82) is 0 Å². The number of amides is 1. The number of benzene rings is 1. The molecule has 0 radical (unpaired) electrons. The minimum Gasteiger partial charge on any atom is -0.497 e. The molecule has 1 aliphatic rings. The van der Waals surface area contributed by atoms with Crippen LogP contribution in [0.2, 0.25) is 0 Å². The van der Waals surface area contributed by atoms with Crippen LogP contribution in [0.5, 0.6) is 5.75 Å². The Morgan fingerprint density at radius 3 is 2.95 bits per heavy atom. The molecule has 1 amide bonds. The molecule has 0 spiro atoms. The summed E-state index contributed by atoms with van der Waals surface area (Å²) in [5.74, 6) is -0.0425. The summed E-state index contributed by atoms with van der Waals surface area (Å²) in [7, 11) is 1.46. The van der Waals surface area contributed by atoms with Crippen LogP contribution in [0, 0.1) is 5.82 Å². The Morgan fingerprint density at radius 1 is 1.53 bits per heavy atom. The molecule has 0 aliphatic carbocycles. The zero-order valence-electron chi connectivity index (χ0n) is 10.9. The second kappa shape index (κ2) is 6.24. The molecular formula is C14H17ClFNO2. The van der Waals surface area contributed by atoms with Crippen molar-refractivity contribution in [2.75, 3.05) is 19.5 Å². The van der Waals surface area contributed by atoms with Crippen LogP contribution in [-0.4, -0.2) is 36.4 Å². The Hall–Kier alpha value is -1.29. The van der Waals surface area contributed by atoms with Gasteiger partial charge in [-0.05, 0) is 31.4 Å². The maximum atomic E-state index is 13.9. The Labute approximate surface area is 117 Å². The highest BCUT2D eigenvalue weighted by Crippen LogP contribution is 2.23. The van der Waals surface area contributed by atoms with Crippen LogP contribution >= 0.6 is 11.6 Å². The van der Waals surface area contributed by atoms with E-state index < -0.39 is 5.82 Å². The summed E-state index contributed by atoms with van der Waals surface area (Å²) in [5.41, 5.74) is 0.0813. The van der Waals surface area contributed by atoms with Gasteiger partial charge in [-0.1, -0.05) is 0 Å². The van der Waals surface area contributed by atoms with Crippen molar-refractivity contribution < 1.29 is 13.9 Å². The van der Waals surface area contributed by atoms with Gasteiger partial charge in [0.25, 0.3) is 5.91 Å². The van der Waals surface area contributed by atoms with E-state index in [2.05, 4.69) is 0 Å². The highest BCUT2D eigenvalue weighted by atomic mass is 35.5. The van der Waals surface area contributed by atoms with Crippen LogP contribution in [0.25, 0.3) is 0 Å². The Morgan fingerprint density at radius 2 is 2.32 bits per heavy atom. The molecule has 3 nitrogen and oxygen atoms in total. The average Bonchev–Trinajstić information content (AvgIpc) is 2.46. The predicted octanol–water partition coefficient (Wildman–Crippen LogP) is 3.07. The van der Waals surface area contributed by atoms with Gasteiger partial charge in [0.05, 0.1) is 12.7 Å². The number of carbonyl (C=O) groups excluding carboxylic acids is 1. The summed E-state index contributed by atoms with van der Waals surface area (Å²) in [5, 5.41) is 0. The number of likely N-dealkylation sites (tertiary alicyclic amines) is 1. The Bertz CT molecular complexity index is 467. The second-order valence-corrected chi connectivity index (χ2v) is 4.96. The predicted molar refractivity (Wildman–Crippen MR) is 72.3 cm³/mol. The smallest absolute Gasteiger partial charge is 0.257 e. The lowest BCUT2D eigenvalue weighted by Gasteiger charge is -2.34. The van der Waals surface area contributed by atoms with Crippen LogP contribution in [0.3, 0.4) is 0 Å². The van der Waals surface area contributed by atoms with E-state index in [0.717, 1.165) is 19.3 Å². The first-order valence-corrected chi connectivity index (χ1v) is 6.91. The highest BCUT2D eigenvalue weighted by Gasteiger charge is 2.28. The number of rotatable bonds is 3. The number of nitrogens with zero attached hydrogens (tertiary/aromatic N) is 1. The van der Waals surface area contributed by atoms with Gasteiger partial charge in [-0.25, -0.2) is 4.39 Å². The zero-order chi connectivity index (χ0) is 13.8. The highest BCUT2D eigenvalue weighted by molar-refractivity contribution is 6.18. The number of alkyl halides is 1. The van der Waals surface area contributed by atoms with Crippen molar-refractivity contribution in [3.8, 4) is 5.75 Å². The standard InChI is InChI=1S/C14H17ClFNO2/c1-19-11-5-6-12(13(16)8-11)14(18)17-7-3-2-4-10(17)9-15/h5-6,8,10H,2-4,7,9H2,1H3. The lowest BCUT2D eigenvalue weighted by Crippen LogP contribution is -2.45. The molecule has 2 rings (SSSR count). The van der Waals surface area contributed by atoms with Crippen LogP contribution in [0.4, 0.5) is 4.39 Å². The van der Waals surface area contributed by atoms with E-state index in [1.54, 1.807) is 11.0 Å². The molecule has 104 valence electrons. The van der Waals surface area contributed by atoms with E-state index in [0.29, 0.717) is 18.2 Å². The van der Waals surface area contributed by atoms with E-state index in [-0.39, 0.29) is 17.5 Å². The third-order valence-corrected chi connectivity index (χ3v) is 3.83. The number of piperidine rings is 1. The number of hydrogen-bond acceptors (Lipinski definition) is 2. The van der Waals surface area contributed by atoms with Crippen LogP contribution in [0.15, 0.2) is 18.2 Å². The molecule has 1 aliphatic heterocycles. The quantitative estimate of drug-likeness (QED) is 0.799. The lowest BCUT2D eigenvalue weighted by atomic mass is 10.0. The molecule has 1 unspecified atom stereocenters. The van der Waals surface area contributed by atoms with Gasteiger partial charge in [0.15, 0.2) is 0 Å². The van der Waals surface area contributed by atoms with Crippen molar-refractivity contribution in [3.05, 3.63) is 29.6 Å². The van der Waals surface area contributed by atoms with E-state index in [9.17, 15) is 9.18 Å². The van der Waals surface area contributed by atoms with Crippen molar-refractivity contribution in [2.45, 2.75) is 25.3 Å². The fourth-order valence-corrected chi connectivity index (χ4v) is 2.70. The number of halogens is 2. The molecule has 1 aromatic rings. The Balaban J connectivity index is 2.23. The fraction of sp³-hybridized carbons (Fsp3) is 0.500. The third-order valence-electron chi connectivity index (χ3n) is 3.47. The van der Waals surface area contributed by atoms with Gasteiger partial charge in [-0.3, -0.25) is 4.79 Å². The first-order chi connectivity index (χ1) is 9.17. The summed E-state index contributed by atoms with van der Waals surface area (Å²) in [6, 6.07) is 4.30. The molecule has 1 aromatic carbocycles. The topological polar surface area (TPSA) is 29.5 Å². The van der Waals surface area contributed by atoms with Gasteiger partial charge in [0.1, 0.15) is 11.6 Å². The maximum absolute atomic E-state index is 13.9. The molecule has 1 saturated heterocycles. The van der Waals surface area contributed by atoms with Gasteiger partial charge in [-0.15, -0.1) is 11.6 Å². The summed E-state index contributed by atoms with van der Waals surface area (Å²) in [4.78, 5) is 14.1. The first-order valence-electron chi connectivity index (χ1n) is 6.38. The number of methoxy groups -OCH3 is 1. The monoisotopic (exact) mass is 285 g/mol. The minimum atomic E-state index is -0.553. The molecule has 1 fully saturated rings. The average molecular weight is 286 g/mol. The number of ether oxygens (including phenoxy) is 1. The van der Waals surface area contributed by atoms with E-state index in [4.69, 9.17) is 16.3 Å². The minimum absolute atomic E-state index is 0.00409. The third kappa shape index (κ3) is 3.00. The second-order valence-electron chi connectivity index (χ2n) is 4.65. The summed E-state index contributed by atoms with van der Waals surface area (Å²) in [6.45, 7) is 0.641. The van der Waals surface area contributed by atoms with Crippen LogP contribution in [-0.2, 0) is 0 Å². The molecule has 1 heterocycles. The number of carbonyl (C=O) groups is 1. The number of hydrogen-bond donors (Lipinski definition) is 0. The largest absolute Gasteiger partial charge is 0.497 e. The molecule has 5 heteroatoms. The summed E-state index contributed by atoms with van der Waals surface area (Å²) < 4.78 is 18.8. The molecule has 1 atom stereocenters. The van der Waals surface area contributed by atoms with Gasteiger partial charge < -0.3 is 9.64 Å². The van der Waals surface area contributed by atoms with Gasteiger partial charge >= 0.3 is 0 Å². The van der Waals surface area contributed by atoms with Crippen molar-refractivity contribution in [3.63, 3.8) is 0 Å². The van der Waals surface area contributed by atoms with Gasteiger partial charge in [0, 0.05) is 24.5 Å². The summed E-state index contributed by atoms with van der Waals surface area (Å²) in [6.07, 6.45) is 2.89.